The minimum absolute atomic E-state index is 0.0686. The van der Waals surface area contributed by atoms with E-state index in [4.69, 9.17) is 5.10 Å². The van der Waals surface area contributed by atoms with Crippen LogP contribution in [-0.4, -0.2) is 22.4 Å². The normalized spacial score (nSPS) is 19.4. The van der Waals surface area contributed by atoms with Crippen LogP contribution in [0.5, 0.6) is 0 Å². The molecule has 0 aliphatic heterocycles. The number of hydrogen-bond donors (Lipinski definition) is 1. The molecule has 0 saturated heterocycles. The summed E-state index contributed by atoms with van der Waals surface area (Å²) in [5, 5.41) is 8.31. The van der Waals surface area contributed by atoms with E-state index < -0.39 is 0 Å². The smallest absolute Gasteiger partial charge is 0.0633 e. The molecular formula is C17H29N3. The van der Waals surface area contributed by atoms with Gasteiger partial charge in [-0.15, -0.1) is 6.58 Å². The maximum Gasteiger partial charge on any atom is 0.0633 e. The molecule has 20 heavy (non-hydrogen) atoms. The van der Waals surface area contributed by atoms with Gasteiger partial charge in [-0.3, -0.25) is 4.68 Å². The first-order valence-corrected chi connectivity index (χ1v) is 7.93. The Morgan fingerprint density at radius 2 is 2.20 bits per heavy atom. The highest BCUT2D eigenvalue weighted by Crippen LogP contribution is 2.29. The first-order valence-electron chi connectivity index (χ1n) is 7.93. The predicted octanol–water partition coefficient (Wildman–Crippen LogP) is 3.73. The van der Waals surface area contributed by atoms with Gasteiger partial charge in [0, 0.05) is 30.6 Å². The molecule has 3 heteroatoms. The summed E-state index contributed by atoms with van der Waals surface area (Å²) in [6.07, 6.45) is 10.5. The number of nitrogens with one attached hydrogen (secondary N) is 1. The monoisotopic (exact) mass is 275 g/mol. The molecular weight excluding hydrogens is 246 g/mol. The minimum Gasteiger partial charge on any atom is -0.314 e. The first kappa shape index (κ1) is 15.3. The highest BCUT2D eigenvalue weighted by atomic mass is 15.3. The van der Waals surface area contributed by atoms with Gasteiger partial charge in [-0.1, -0.05) is 39.7 Å². The fourth-order valence-electron chi connectivity index (χ4n) is 2.90. The van der Waals surface area contributed by atoms with Crippen molar-refractivity contribution < 1.29 is 0 Å². The Kier molecular flexibility index (Phi) is 5.03. The van der Waals surface area contributed by atoms with Crippen LogP contribution in [0.15, 0.2) is 24.9 Å². The van der Waals surface area contributed by atoms with Gasteiger partial charge in [-0.25, -0.2) is 0 Å². The molecule has 1 N–H and O–H groups in total. The van der Waals surface area contributed by atoms with Crippen LogP contribution >= 0.6 is 0 Å². The minimum atomic E-state index is 0.0686. The lowest BCUT2D eigenvalue weighted by atomic mass is 9.85. The summed E-state index contributed by atoms with van der Waals surface area (Å²) in [5.74, 6) is 0. The second kappa shape index (κ2) is 6.57. The first-order chi connectivity index (χ1) is 9.52. The van der Waals surface area contributed by atoms with Gasteiger partial charge < -0.3 is 5.32 Å². The van der Waals surface area contributed by atoms with Crippen molar-refractivity contribution in [3.8, 4) is 0 Å². The summed E-state index contributed by atoms with van der Waals surface area (Å²) in [6.45, 7) is 11.6. The lowest BCUT2D eigenvalue weighted by Gasteiger charge is -2.26. The van der Waals surface area contributed by atoms with Gasteiger partial charge in [0.05, 0.1) is 11.7 Å². The molecule has 0 radical (unpaired) electrons. The molecule has 1 fully saturated rings. The third kappa shape index (κ3) is 3.95. The van der Waals surface area contributed by atoms with Gasteiger partial charge in [0.2, 0.25) is 0 Å². The van der Waals surface area contributed by atoms with E-state index in [-0.39, 0.29) is 5.41 Å². The Bertz CT molecular complexity index is 429. The largest absolute Gasteiger partial charge is 0.314 e. The van der Waals surface area contributed by atoms with Crippen LogP contribution < -0.4 is 5.32 Å². The Labute approximate surface area is 123 Å². The van der Waals surface area contributed by atoms with Gasteiger partial charge in [0.15, 0.2) is 0 Å². The Morgan fingerprint density at radius 3 is 2.80 bits per heavy atom. The number of aromatic nitrogens is 2. The molecule has 0 bridgehead atoms. The van der Waals surface area contributed by atoms with Crippen molar-refractivity contribution in [2.24, 2.45) is 5.41 Å². The molecule has 0 aromatic carbocycles. The van der Waals surface area contributed by atoms with Crippen molar-refractivity contribution in [2.45, 2.75) is 65.0 Å². The maximum absolute atomic E-state index is 4.79. The van der Waals surface area contributed by atoms with Crippen LogP contribution in [0.1, 0.15) is 58.2 Å². The summed E-state index contributed by atoms with van der Waals surface area (Å²) >= 11 is 0. The summed E-state index contributed by atoms with van der Waals surface area (Å²) in [6, 6.07) is 3.31. The highest BCUT2D eigenvalue weighted by Gasteiger charge is 2.23. The molecule has 1 saturated carbocycles. The van der Waals surface area contributed by atoms with Crippen molar-refractivity contribution in [3.05, 3.63) is 30.6 Å². The van der Waals surface area contributed by atoms with Gasteiger partial charge in [0.25, 0.3) is 0 Å². The maximum atomic E-state index is 4.79. The lowest BCUT2D eigenvalue weighted by Crippen LogP contribution is -2.36. The van der Waals surface area contributed by atoms with Crippen molar-refractivity contribution in [2.75, 3.05) is 6.54 Å². The zero-order valence-corrected chi connectivity index (χ0v) is 13.2. The quantitative estimate of drug-likeness (QED) is 0.768. The van der Waals surface area contributed by atoms with Gasteiger partial charge in [-0.05, 0) is 18.9 Å². The topological polar surface area (TPSA) is 29.9 Å². The van der Waals surface area contributed by atoms with E-state index in [1.807, 2.05) is 0 Å². The second-order valence-corrected chi connectivity index (χ2v) is 6.80. The molecule has 3 nitrogen and oxygen atoms in total. The van der Waals surface area contributed by atoms with E-state index in [1.54, 1.807) is 0 Å². The fourth-order valence-corrected chi connectivity index (χ4v) is 2.90. The zero-order chi connectivity index (χ0) is 14.6. The molecule has 1 unspecified atom stereocenters. The standard InChI is InChI=1S/C17H29N3/c1-5-17(4,13-18-14(2)3)12-15-10-11-20(19-15)16-8-6-7-9-16/h5,10-11,14,16,18H,1,6-9,12-13H2,2-4H3. The fraction of sp³-hybridized carbons (Fsp3) is 0.706. The van der Waals surface area contributed by atoms with Crippen LogP contribution in [0.25, 0.3) is 0 Å². The van der Waals surface area contributed by atoms with Crippen LogP contribution in [0.2, 0.25) is 0 Å². The molecule has 1 aromatic heterocycles. The van der Waals surface area contributed by atoms with Crippen molar-refractivity contribution >= 4 is 0 Å². The zero-order valence-electron chi connectivity index (χ0n) is 13.2. The van der Waals surface area contributed by atoms with Crippen LogP contribution in [-0.2, 0) is 6.42 Å². The van der Waals surface area contributed by atoms with Crippen LogP contribution in [0, 0.1) is 5.41 Å². The Balaban J connectivity index is 1.98. The van der Waals surface area contributed by atoms with Crippen LogP contribution in [0.3, 0.4) is 0 Å². The molecule has 1 aromatic rings. The number of hydrogen-bond acceptors (Lipinski definition) is 2. The molecule has 0 amide bonds. The highest BCUT2D eigenvalue weighted by molar-refractivity contribution is 5.08. The van der Waals surface area contributed by atoms with E-state index >= 15 is 0 Å². The summed E-state index contributed by atoms with van der Waals surface area (Å²) in [4.78, 5) is 0. The van der Waals surface area contributed by atoms with E-state index in [0.29, 0.717) is 12.1 Å². The second-order valence-electron chi connectivity index (χ2n) is 6.80. The average molecular weight is 275 g/mol. The van der Waals surface area contributed by atoms with E-state index in [1.165, 1.54) is 31.4 Å². The van der Waals surface area contributed by atoms with Gasteiger partial charge in [0.1, 0.15) is 0 Å². The predicted molar refractivity (Wildman–Crippen MR) is 84.9 cm³/mol. The third-order valence-electron chi connectivity index (χ3n) is 4.35. The van der Waals surface area contributed by atoms with Gasteiger partial charge in [-0.2, -0.15) is 5.10 Å². The summed E-state index contributed by atoms with van der Waals surface area (Å²) in [7, 11) is 0. The SMILES string of the molecule is C=CC(C)(CNC(C)C)Cc1ccn(C2CCCC2)n1. The lowest BCUT2D eigenvalue weighted by molar-refractivity contribution is 0.366. The molecule has 112 valence electrons. The molecule has 2 rings (SSSR count). The van der Waals surface area contributed by atoms with Crippen molar-refractivity contribution in [3.63, 3.8) is 0 Å². The molecule has 1 atom stereocenters. The average Bonchev–Trinajstić information content (AvgIpc) is 3.06. The molecule has 0 spiro atoms. The number of rotatable bonds is 7. The van der Waals surface area contributed by atoms with Crippen molar-refractivity contribution in [1.29, 1.82) is 0 Å². The van der Waals surface area contributed by atoms with Gasteiger partial charge >= 0.3 is 0 Å². The number of nitrogens with zero attached hydrogens (tertiary/aromatic N) is 2. The Hall–Kier alpha value is -1.09. The molecule has 1 aliphatic carbocycles. The third-order valence-corrected chi connectivity index (χ3v) is 4.35. The molecule has 1 heterocycles. The van der Waals surface area contributed by atoms with E-state index in [2.05, 4.69) is 55.7 Å². The summed E-state index contributed by atoms with van der Waals surface area (Å²) < 4.78 is 2.18. The van der Waals surface area contributed by atoms with E-state index in [9.17, 15) is 0 Å². The Morgan fingerprint density at radius 1 is 1.50 bits per heavy atom. The molecule has 1 aliphatic rings. The summed E-state index contributed by atoms with van der Waals surface area (Å²) in [5.41, 5.74) is 1.25. The van der Waals surface area contributed by atoms with E-state index in [0.717, 1.165) is 13.0 Å². The van der Waals surface area contributed by atoms with Crippen molar-refractivity contribution in [1.82, 2.24) is 15.1 Å². The van der Waals surface area contributed by atoms with Crippen LogP contribution in [0.4, 0.5) is 0 Å².